The second kappa shape index (κ2) is 6.46. The summed E-state index contributed by atoms with van der Waals surface area (Å²) in [6.07, 6.45) is -0.0633. The zero-order valence-electron chi connectivity index (χ0n) is 13.1. The number of benzene rings is 1. The molecule has 0 radical (unpaired) electrons. The first-order valence-electron chi connectivity index (χ1n) is 7.33. The summed E-state index contributed by atoms with van der Waals surface area (Å²) >= 11 is 0. The SMILES string of the molecule is COc1ccc(C(NC(=O)c2ccc3nccn3c2)C(F)(F)F)cc1. The van der Waals surface area contributed by atoms with E-state index in [1.807, 2.05) is 5.32 Å². The second-order valence-corrected chi connectivity index (χ2v) is 5.33. The van der Waals surface area contributed by atoms with Crippen molar-refractivity contribution in [2.24, 2.45) is 0 Å². The summed E-state index contributed by atoms with van der Waals surface area (Å²) in [5.41, 5.74) is 0.623. The van der Waals surface area contributed by atoms with Crippen LogP contribution in [0.1, 0.15) is 22.0 Å². The largest absolute Gasteiger partial charge is 0.497 e. The standard InChI is InChI=1S/C17H14F3N3O2/c1-25-13-5-2-11(3-6-13)15(17(18,19)20)22-16(24)12-4-7-14-21-8-9-23(14)10-12/h2-10,15H,1H3,(H,22,24). The van der Waals surface area contributed by atoms with E-state index in [4.69, 9.17) is 4.74 Å². The molecular weight excluding hydrogens is 335 g/mol. The first-order valence-corrected chi connectivity index (χ1v) is 7.33. The molecule has 0 aliphatic rings. The average molecular weight is 349 g/mol. The van der Waals surface area contributed by atoms with Gasteiger partial charge in [0.25, 0.3) is 5.91 Å². The second-order valence-electron chi connectivity index (χ2n) is 5.33. The predicted octanol–water partition coefficient (Wildman–Crippen LogP) is 3.38. The molecule has 0 saturated heterocycles. The van der Waals surface area contributed by atoms with E-state index in [-0.39, 0.29) is 11.1 Å². The van der Waals surface area contributed by atoms with Crippen molar-refractivity contribution in [1.82, 2.24) is 14.7 Å². The predicted molar refractivity (Wildman–Crippen MR) is 84.4 cm³/mol. The highest BCUT2D eigenvalue weighted by Gasteiger charge is 2.42. The van der Waals surface area contributed by atoms with E-state index in [0.717, 1.165) is 0 Å². The van der Waals surface area contributed by atoms with E-state index in [2.05, 4.69) is 4.98 Å². The van der Waals surface area contributed by atoms with Crippen molar-refractivity contribution in [2.45, 2.75) is 12.2 Å². The molecule has 25 heavy (non-hydrogen) atoms. The lowest BCUT2D eigenvalue weighted by Gasteiger charge is -2.22. The van der Waals surface area contributed by atoms with Crippen molar-refractivity contribution in [1.29, 1.82) is 0 Å². The third-order valence-corrected chi connectivity index (χ3v) is 3.70. The van der Waals surface area contributed by atoms with Crippen molar-refractivity contribution in [3.8, 4) is 5.75 Å². The maximum Gasteiger partial charge on any atom is 0.412 e. The van der Waals surface area contributed by atoms with Gasteiger partial charge in [-0.25, -0.2) is 4.98 Å². The molecule has 0 fully saturated rings. The van der Waals surface area contributed by atoms with Gasteiger partial charge in [0, 0.05) is 18.6 Å². The van der Waals surface area contributed by atoms with E-state index in [9.17, 15) is 18.0 Å². The Bertz CT molecular complexity index is 888. The molecule has 0 aliphatic carbocycles. The number of nitrogens with zero attached hydrogens (tertiary/aromatic N) is 2. The molecule has 130 valence electrons. The van der Waals surface area contributed by atoms with Gasteiger partial charge in [-0.1, -0.05) is 12.1 Å². The molecule has 1 atom stereocenters. The molecule has 2 aromatic heterocycles. The highest BCUT2D eigenvalue weighted by molar-refractivity contribution is 5.94. The van der Waals surface area contributed by atoms with E-state index in [1.165, 1.54) is 49.8 Å². The van der Waals surface area contributed by atoms with Crippen LogP contribution in [-0.4, -0.2) is 28.6 Å². The molecule has 0 saturated carbocycles. The number of amides is 1. The van der Waals surface area contributed by atoms with Gasteiger partial charge in [-0.15, -0.1) is 0 Å². The van der Waals surface area contributed by atoms with Gasteiger partial charge in [0.15, 0.2) is 6.04 Å². The number of aromatic nitrogens is 2. The smallest absolute Gasteiger partial charge is 0.412 e. The summed E-state index contributed by atoms with van der Waals surface area (Å²) in [5, 5.41) is 2.05. The van der Waals surface area contributed by atoms with Crippen molar-refractivity contribution in [3.05, 3.63) is 66.1 Å². The molecule has 0 spiro atoms. The van der Waals surface area contributed by atoms with Gasteiger partial charge in [0.1, 0.15) is 11.4 Å². The van der Waals surface area contributed by atoms with Gasteiger partial charge in [-0.3, -0.25) is 4.79 Å². The molecule has 1 N–H and O–H groups in total. The zero-order chi connectivity index (χ0) is 18.0. The first-order chi connectivity index (χ1) is 11.9. The maximum absolute atomic E-state index is 13.4. The number of rotatable bonds is 4. The zero-order valence-corrected chi connectivity index (χ0v) is 13.1. The number of halogens is 3. The van der Waals surface area contributed by atoms with Crippen molar-refractivity contribution in [2.75, 3.05) is 7.11 Å². The number of hydrogen-bond donors (Lipinski definition) is 1. The van der Waals surface area contributed by atoms with Gasteiger partial charge < -0.3 is 14.5 Å². The number of methoxy groups -OCH3 is 1. The molecule has 3 rings (SSSR count). The topological polar surface area (TPSA) is 55.6 Å². The van der Waals surface area contributed by atoms with Crippen molar-refractivity contribution < 1.29 is 22.7 Å². The van der Waals surface area contributed by atoms with Crippen LogP contribution in [0.3, 0.4) is 0 Å². The molecule has 8 heteroatoms. The lowest BCUT2D eigenvalue weighted by molar-refractivity contribution is -0.155. The van der Waals surface area contributed by atoms with E-state index in [1.54, 1.807) is 16.7 Å². The molecule has 0 bridgehead atoms. The third kappa shape index (κ3) is 3.57. The Morgan fingerprint density at radius 3 is 2.56 bits per heavy atom. The molecule has 3 aromatic rings. The Balaban J connectivity index is 1.87. The van der Waals surface area contributed by atoms with E-state index >= 15 is 0 Å². The lowest BCUT2D eigenvalue weighted by Crippen LogP contribution is -2.38. The van der Waals surface area contributed by atoms with Crippen molar-refractivity contribution >= 4 is 11.6 Å². The van der Waals surface area contributed by atoms with Gasteiger partial charge in [-0.05, 0) is 29.8 Å². The Kier molecular flexibility index (Phi) is 4.35. The number of fused-ring (bicyclic) bond motifs is 1. The Labute approximate surface area is 141 Å². The fourth-order valence-electron chi connectivity index (χ4n) is 2.42. The minimum atomic E-state index is -4.64. The average Bonchev–Trinajstić information content (AvgIpc) is 3.06. The fourth-order valence-corrected chi connectivity index (χ4v) is 2.42. The summed E-state index contributed by atoms with van der Waals surface area (Å²) < 4.78 is 46.7. The van der Waals surface area contributed by atoms with Crippen molar-refractivity contribution in [3.63, 3.8) is 0 Å². The quantitative estimate of drug-likeness (QED) is 0.786. The number of alkyl halides is 3. The molecular formula is C17H14F3N3O2. The number of carbonyl (C=O) groups excluding carboxylic acids is 1. The van der Waals surface area contributed by atoms with Crippen LogP contribution >= 0.6 is 0 Å². The number of carbonyl (C=O) groups is 1. The van der Waals surface area contributed by atoms with Gasteiger partial charge in [0.05, 0.1) is 12.7 Å². The van der Waals surface area contributed by atoms with Gasteiger partial charge >= 0.3 is 6.18 Å². The molecule has 1 amide bonds. The highest BCUT2D eigenvalue weighted by atomic mass is 19.4. The van der Waals surface area contributed by atoms with Crippen LogP contribution in [0.4, 0.5) is 13.2 Å². The molecule has 1 aromatic carbocycles. The number of nitrogens with one attached hydrogen (secondary N) is 1. The van der Waals surface area contributed by atoms with Crippen LogP contribution in [-0.2, 0) is 0 Å². The van der Waals surface area contributed by atoms with Crippen LogP contribution in [0.15, 0.2) is 55.0 Å². The summed E-state index contributed by atoms with van der Waals surface area (Å²) in [4.78, 5) is 16.3. The molecule has 5 nitrogen and oxygen atoms in total. The van der Waals surface area contributed by atoms with Crippen LogP contribution in [0.25, 0.3) is 5.65 Å². The van der Waals surface area contributed by atoms with Crippen LogP contribution in [0.2, 0.25) is 0 Å². The number of hydrogen-bond acceptors (Lipinski definition) is 3. The lowest BCUT2D eigenvalue weighted by atomic mass is 10.1. The first kappa shape index (κ1) is 16.8. The Morgan fingerprint density at radius 1 is 1.20 bits per heavy atom. The van der Waals surface area contributed by atoms with Gasteiger partial charge in [0.2, 0.25) is 0 Å². The number of pyridine rings is 1. The monoisotopic (exact) mass is 349 g/mol. The summed E-state index contributed by atoms with van der Waals surface area (Å²) in [7, 11) is 1.42. The Morgan fingerprint density at radius 2 is 1.92 bits per heavy atom. The van der Waals surface area contributed by atoms with E-state index < -0.39 is 18.1 Å². The fraction of sp³-hybridized carbons (Fsp3) is 0.176. The van der Waals surface area contributed by atoms with Gasteiger partial charge in [-0.2, -0.15) is 13.2 Å². The van der Waals surface area contributed by atoms with Crippen LogP contribution in [0.5, 0.6) is 5.75 Å². The molecule has 1 unspecified atom stereocenters. The third-order valence-electron chi connectivity index (χ3n) is 3.70. The van der Waals surface area contributed by atoms with Crippen LogP contribution in [0, 0.1) is 0 Å². The minimum absolute atomic E-state index is 0.0784. The van der Waals surface area contributed by atoms with E-state index in [0.29, 0.717) is 11.4 Å². The number of ether oxygens (including phenoxy) is 1. The summed E-state index contributed by atoms with van der Waals surface area (Å²) in [6, 6.07) is 6.25. The normalized spacial score (nSPS) is 12.8. The number of imidazole rings is 1. The van der Waals surface area contributed by atoms with Crippen LogP contribution < -0.4 is 10.1 Å². The molecule has 2 heterocycles. The highest BCUT2D eigenvalue weighted by Crippen LogP contribution is 2.33. The minimum Gasteiger partial charge on any atom is -0.497 e. The summed E-state index contributed by atoms with van der Waals surface area (Å²) in [5.74, 6) is -0.393. The summed E-state index contributed by atoms with van der Waals surface area (Å²) in [6.45, 7) is 0. The maximum atomic E-state index is 13.4. The molecule has 0 aliphatic heterocycles. The Hall–Kier alpha value is -3.03.